The van der Waals surface area contributed by atoms with Crippen LogP contribution in [0.4, 0.5) is 0 Å². The van der Waals surface area contributed by atoms with Gasteiger partial charge in [0.05, 0.1) is 19.3 Å². The van der Waals surface area contributed by atoms with Gasteiger partial charge in [-0.15, -0.1) is 0 Å². The number of hydrogen-bond donors (Lipinski definition) is 1. The molecule has 0 bridgehead atoms. The maximum absolute atomic E-state index is 12.4. The van der Waals surface area contributed by atoms with E-state index in [1.54, 1.807) is 0 Å². The Labute approximate surface area is 212 Å². The molecule has 6 unspecified atom stereocenters. The molecule has 1 N–H and O–H groups in total. The summed E-state index contributed by atoms with van der Waals surface area (Å²) >= 11 is 0. The van der Waals surface area contributed by atoms with E-state index in [0.29, 0.717) is 26.2 Å². The molecule has 9 nitrogen and oxygen atoms in total. The molecule has 7 fully saturated rings. The molecule has 9 heteroatoms. The fourth-order valence-corrected chi connectivity index (χ4v) is 10.3. The average molecular weight is 509 g/mol. The van der Waals surface area contributed by atoms with Gasteiger partial charge in [-0.25, -0.2) is 0 Å². The number of carbonyl (C=O) groups excluding carboxylic acids is 1. The molecule has 36 heavy (non-hydrogen) atoms. The Morgan fingerprint density at radius 3 is 2.47 bits per heavy atom. The predicted octanol–water partition coefficient (Wildman–Crippen LogP) is 2.73. The summed E-state index contributed by atoms with van der Waals surface area (Å²) in [5.74, 6) is -1.24. The molecule has 7 rings (SSSR count). The van der Waals surface area contributed by atoms with Crippen LogP contribution >= 0.6 is 0 Å². The van der Waals surface area contributed by atoms with E-state index in [1.807, 2.05) is 0 Å². The second kappa shape index (κ2) is 7.87. The number of fused-ring (bicyclic) bond motifs is 7. The van der Waals surface area contributed by atoms with Gasteiger partial charge in [0.1, 0.15) is 18.3 Å². The lowest BCUT2D eigenvalue weighted by atomic mass is 9.42. The number of rotatable bonds is 1. The lowest BCUT2D eigenvalue weighted by molar-refractivity contribution is -0.284. The van der Waals surface area contributed by atoms with E-state index in [4.69, 9.17) is 33.2 Å². The fourth-order valence-electron chi connectivity index (χ4n) is 10.3. The Balaban J connectivity index is 1.28. The highest BCUT2D eigenvalue weighted by molar-refractivity contribution is 5.66. The van der Waals surface area contributed by atoms with E-state index in [1.165, 1.54) is 6.92 Å². The second-order valence-electron chi connectivity index (χ2n) is 12.9. The van der Waals surface area contributed by atoms with E-state index in [9.17, 15) is 9.90 Å². The fraction of sp³-hybridized carbons (Fsp3) is 0.963. The minimum Gasteiger partial charge on any atom is -0.462 e. The number of ether oxygens (including phenoxy) is 7. The Kier molecular flexibility index (Phi) is 5.30. The van der Waals surface area contributed by atoms with Gasteiger partial charge in [0.2, 0.25) is 5.79 Å². The highest BCUT2D eigenvalue weighted by Crippen LogP contribution is 2.72. The Morgan fingerprint density at radius 1 is 0.972 bits per heavy atom. The van der Waals surface area contributed by atoms with Gasteiger partial charge in [0.15, 0.2) is 19.4 Å². The molecule has 0 aromatic carbocycles. The normalized spacial score (nSPS) is 55.1. The topological polar surface area (TPSA) is 102 Å². The van der Waals surface area contributed by atoms with Gasteiger partial charge in [-0.05, 0) is 55.3 Å². The molecular weight excluding hydrogens is 468 g/mol. The third kappa shape index (κ3) is 2.94. The Hall–Kier alpha value is -0.810. The summed E-state index contributed by atoms with van der Waals surface area (Å²) in [6.07, 6.45) is 4.77. The molecule has 4 saturated carbocycles. The summed E-state index contributed by atoms with van der Waals surface area (Å²) in [5, 5.41) is 12.0. The average Bonchev–Trinajstić information content (AvgIpc) is 3.60. The molecule has 4 aliphatic carbocycles. The Bertz CT molecular complexity index is 907. The van der Waals surface area contributed by atoms with Crippen molar-refractivity contribution in [2.45, 2.75) is 95.1 Å². The van der Waals surface area contributed by atoms with Gasteiger partial charge < -0.3 is 38.3 Å². The SMILES string of the molecule is CC(=O)OC1C[C@@H]2CC3(CC[C@]2(C)C2C(O)C[C@@]4(C)C(CC[C@@]45OCOC54COCO4)C12)OCCO3. The summed E-state index contributed by atoms with van der Waals surface area (Å²) in [6.45, 7) is 8.00. The molecule has 3 saturated heterocycles. The Morgan fingerprint density at radius 2 is 1.75 bits per heavy atom. The van der Waals surface area contributed by atoms with Crippen molar-refractivity contribution in [1.82, 2.24) is 0 Å². The first-order chi connectivity index (χ1) is 17.2. The van der Waals surface area contributed by atoms with Crippen molar-refractivity contribution >= 4 is 5.97 Å². The van der Waals surface area contributed by atoms with Gasteiger partial charge in [-0.1, -0.05) is 13.8 Å². The van der Waals surface area contributed by atoms with E-state index in [0.717, 1.165) is 38.5 Å². The first-order valence-electron chi connectivity index (χ1n) is 13.8. The van der Waals surface area contributed by atoms with Crippen molar-refractivity contribution in [3.8, 4) is 0 Å². The van der Waals surface area contributed by atoms with Crippen LogP contribution in [0.25, 0.3) is 0 Å². The number of aliphatic hydroxyl groups excluding tert-OH is 1. The summed E-state index contributed by atoms with van der Waals surface area (Å²) in [6, 6.07) is 0. The van der Waals surface area contributed by atoms with Crippen LogP contribution in [0.2, 0.25) is 0 Å². The van der Waals surface area contributed by atoms with Crippen LogP contribution in [0.5, 0.6) is 0 Å². The van der Waals surface area contributed by atoms with E-state index >= 15 is 0 Å². The zero-order valence-electron chi connectivity index (χ0n) is 21.7. The van der Waals surface area contributed by atoms with Crippen LogP contribution in [0.15, 0.2) is 0 Å². The number of hydrogen-bond acceptors (Lipinski definition) is 9. The summed E-state index contributed by atoms with van der Waals surface area (Å²) in [4.78, 5) is 12.4. The molecule has 3 aliphatic heterocycles. The van der Waals surface area contributed by atoms with E-state index < -0.39 is 28.7 Å². The minimum absolute atomic E-state index is 0.0200. The van der Waals surface area contributed by atoms with Crippen LogP contribution in [0, 0.1) is 34.5 Å². The van der Waals surface area contributed by atoms with Crippen molar-refractivity contribution in [1.29, 1.82) is 0 Å². The van der Waals surface area contributed by atoms with Crippen LogP contribution in [-0.4, -0.2) is 73.9 Å². The van der Waals surface area contributed by atoms with Crippen molar-refractivity contribution in [2.24, 2.45) is 34.5 Å². The quantitative estimate of drug-likeness (QED) is 0.536. The van der Waals surface area contributed by atoms with Gasteiger partial charge >= 0.3 is 5.97 Å². The standard InChI is InChI=1S/C27H40O9/c1-16(28)36-20-10-17-11-25(31-8-9-32-25)7-6-23(17,2)22-19(29)12-24(3)18(21(20)22)4-5-26(24)27(35-15-33-26)13-30-14-34-27/h17-22,29H,4-15H2,1-3H3/t17-,18?,19?,20?,21?,22?,23+,24+,26-,27?/m1/s1. The first-order valence-corrected chi connectivity index (χ1v) is 13.8. The van der Waals surface area contributed by atoms with E-state index in [-0.39, 0.29) is 54.7 Å². The molecule has 7 aliphatic rings. The van der Waals surface area contributed by atoms with Gasteiger partial charge in [-0.2, -0.15) is 0 Å². The minimum atomic E-state index is -0.949. The van der Waals surface area contributed by atoms with Gasteiger partial charge in [0.25, 0.3) is 0 Å². The molecule has 0 radical (unpaired) electrons. The maximum Gasteiger partial charge on any atom is 0.302 e. The molecule has 202 valence electrons. The third-order valence-electron chi connectivity index (χ3n) is 11.7. The van der Waals surface area contributed by atoms with Crippen LogP contribution in [0.3, 0.4) is 0 Å². The summed E-state index contributed by atoms with van der Waals surface area (Å²) in [5.41, 5.74) is -1.20. The van der Waals surface area contributed by atoms with Crippen LogP contribution in [-0.2, 0) is 38.0 Å². The number of esters is 1. The lowest BCUT2D eigenvalue weighted by Gasteiger charge is -2.65. The van der Waals surface area contributed by atoms with Crippen molar-refractivity contribution in [3.63, 3.8) is 0 Å². The molecule has 3 heterocycles. The number of carbonyl (C=O) groups is 1. The van der Waals surface area contributed by atoms with Crippen LogP contribution < -0.4 is 0 Å². The largest absolute Gasteiger partial charge is 0.462 e. The van der Waals surface area contributed by atoms with E-state index in [2.05, 4.69) is 13.8 Å². The zero-order chi connectivity index (χ0) is 25.0. The van der Waals surface area contributed by atoms with Crippen molar-refractivity contribution < 1.29 is 43.1 Å². The zero-order valence-corrected chi connectivity index (χ0v) is 21.7. The first kappa shape index (κ1) is 24.2. The second-order valence-corrected chi connectivity index (χ2v) is 12.9. The van der Waals surface area contributed by atoms with Gasteiger partial charge in [-0.3, -0.25) is 4.79 Å². The molecule has 10 atom stereocenters. The molecule has 0 amide bonds. The highest BCUT2D eigenvalue weighted by atomic mass is 16.9. The predicted molar refractivity (Wildman–Crippen MR) is 123 cm³/mol. The monoisotopic (exact) mass is 508 g/mol. The molecule has 0 aromatic rings. The van der Waals surface area contributed by atoms with Crippen molar-refractivity contribution in [3.05, 3.63) is 0 Å². The molecular formula is C27H40O9. The maximum atomic E-state index is 12.4. The highest BCUT2D eigenvalue weighted by Gasteiger charge is 2.78. The van der Waals surface area contributed by atoms with Crippen LogP contribution in [0.1, 0.15) is 65.7 Å². The summed E-state index contributed by atoms with van der Waals surface area (Å²) in [7, 11) is 0. The smallest absolute Gasteiger partial charge is 0.302 e. The molecule has 0 aromatic heterocycles. The summed E-state index contributed by atoms with van der Waals surface area (Å²) < 4.78 is 42.7. The third-order valence-corrected chi connectivity index (χ3v) is 11.7. The van der Waals surface area contributed by atoms with Gasteiger partial charge in [0, 0.05) is 31.1 Å². The van der Waals surface area contributed by atoms with Crippen molar-refractivity contribution in [2.75, 3.05) is 33.4 Å². The molecule has 3 spiro atoms. The number of aliphatic hydroxyl groups is 1. The lowest BCUT2D eigenvalue weighted by Crippen LogP contribution is -2.69.